The van der Waals surface area contributed by atoms with Crippen LogP contribution in [0.15, 0.2) is 24.3 Å². The molecule has 17 heavy (non-hydrogen) atoms. The molecule has 100 valence electrons. The molecule has 0 heterocycles. The van der Waals surface area contributed by atoms with Gasteiger partial charge in [-0.25, -0.2) is 0 Å². The summed E-state index contributed by atoms with van der Waals surface area (Å²) in [6.07, 6.45) is 24.0. The quantitative estimate of drug-likeness (QED) is 0.270. The van der Waals surface area contributed by atoms with E-state index < -0.39 is 0 Å². The lowest BCUT2D eigenvalue weighted by Crippen LogP contribution is -1.77. The standard InChI is InChI=1S/C17H32/c1-3-5-7-9-11-13-15-17-16-14-12-10-8-6-4-2/h11,13,15,17H,3-10,12,14,16H2,1-2H3/b13-11+,17-15+. The van der Waals surface area contributed by atoms with Crippen LogP contribution in [0.5, 0.6) is 0 Å². The first kappa shape index (κ1) is 16.5. The zero-order valence-electron chi connectivity index (χ0n) is 12.1. The molecule has 0 spiro atoms. The van der Waals surface area contributed by atoms with Crippen LogP contribution >= 0.6 is 0 Å². The molecule has 0 atom stereocenters. The van der Waals surface area contributed by atoms with Crippen molar-refractivity contribution in [3.63, 3.8) is 0 Å². The zero-order chi connectivity index (χ0) is 12.6. The summed E-state index contributed by atoms with van der Waals surface area (Å²) in [6.45, 7) is 4.53. The van der Waals surface area contributed by atoms with Gasteiger partial charge >= 0.3 is 0 Å². The number of rotatable bonds is 12. The van der Waals surface area contributed by atoms with Crippen molar-refractivity contribution in [2.45, 2.75) is 84.5 Å². The molecular weight excluding hydrogens is 204 g/mol. The van der Waals surface area contributed by atoms with E-state index in [-0.39, 0.29) is 0 Å². The van der Waals surface area contributed by atoms with Crippen molar-refractivity contribution in [1.82, 2.24) is 0 Å². The van der Waals surface area contributed by atoms with Gasteiger partial charge in [0.05, 0.1) is 0 Å². The summed E-state index contributed by atoms with van der Waals surface area (Å²) >= 11 is 0. The van der Waals surface area contributed by atoms with Crippen LogP contribution in [0, 0.1) is 0 Å². The molecular formula is C17H32. The van der Waals surface area contributed by atoms with Crippen molar-refractivity contribution < 1.29 is 0 Å². The summed E-state index contributed by atoms with van der Waals surface area (Å²) in [5, 5.41) is 0. The monoisotopic (exact) mass is 236 g/mol. The van der Waals surface area contributed by atoms with Gasteiger partial charge in [-0.3, -0.25) is 0 Å². The Balaban J connectivity index is 3.13. The minimum Gasteiger partial charge on any atom is -0.0845 e. The fourth-order valence-electron chi connectivity index (χ4n) is 1.90. The maximum absolute atomic E-state index is 2.32. The van der Waals surface area contributed by atoms with E-state index >= 15 is 0 Å². The molecule has 0 aliphatic heterocycles. The fourth-order valence-corrected chi connectivity index (χ4v) is 1.90. The Labute approximate surface area is 109 Å². The lowest BCUT2D eigenvalue weighted by molar-refractivity contribution is 0.611. The average Bonchev–Trinajstić information content (AvgIpc) is 2.35. The molecule has 0 nitrogen and oxygen atoms in total. The minimum atomic E-state index is 1.25. The maximum Gasteiger partial charge on any atom is -0.0348 e. The highest BCUT2D eigenvalue weighted by Gasteiger charge is 1.87. The Bertz CT molecular complexity index is 176. The average molecular weight is 236 g/mol. The number of unbranched alkanes of at least 4 members (excludes halogenated alkanes) is 9. The van der Waals surface area contributed by atoms with Crippen molar-refractivity contribution in [2.24, 2.45) is 0 Å². The second kappa shape index (κ2) is 15.5. The molecule has 0 fully saturated rings. The van der Waals surface area contributed by atoms with Crippen LogP contribution in [-0.2, 0) is 0 Å². The van der Waals surface area contributed by atoms with Crippen molar-refractivity contribution in [2.75, 3.05) is 0 Å². The summed E-state index contributed by atoms with van der Waals surface area (Å²) in [7, 11) is 0. The summed E-state index contributed by atoms with van der Waals surface area (Å²) < 4.78 is 0. The Morgan fingerprint density at radius 3 is 1.53 bits per heavy atom. The van der Waals surface area contributed by atoms with Crippen LogP contribution in [0.3, 0.4) is 0 Å². The highest BCUT2D eigenvalue weighted by molar-refractivity contribution is 5.02. The van der Waals surface area contributed by atoms with E-state index in [4.69, 9.17) is 0 Å². The van der Waals surface area contributed by atoms with Gasteiger partial charge in [-0.15, -0.1) is 0 Å². The van der Waals surface area contributed by atoms with Crippen LogP contribution in [0.2, 0.25) is 0 Å². The SMILES string of the molecule is CCCCC/C=C/C=C/CCCCCCCC. The minimum absolute atomic E-state index is 1.25. The molecule has 0 saturated heterocycles. The predicted octanol–water partition coefficient (Wildman–Crippen LogP) is 6.43. The molecule has 0 aromatic heterocycles. The van der Waals surface area contributed by atoms with Crippen molar-refractivity contribution in [3.05, 3.63) is 24.3 Å². The van der Waals surface area contributed by atoms with E-state index in [9.17, 15) is 0 Å². The first-order chi connectivity index (χ1) is 8.41. The third-order valence-electron chi connectivity index (χ3n) is 3.08. The molecule has 0 aromatic carbocycles. The van der Waals surface area contributed by atoms with Crippen molar-refractivity contribution in [3.8, 4) is 0 Å². The molecule has 0 saturated carbocycles. The molecule has 0 bridgehead atoms. The molecule has 0 radical (unpaired) electrons. The highest BCUT2D eigenvalue weighted by atomic mass is 13.9. The van der Waals surface area contributed by atoms with E-state index in [1.54, 1.807) is 0 Å². The van der Waals surface area contributed by atoms with Crippen molar-refractivity contribution in [1.29, 1.82) is 0 Å². The van der Waals surface area contributed by atoms with Crippen LogP contribution in [0.1, 0.15) is 84.5 Å². The second-order valence-electron chi connectivity index (χ2n) is 4.91. The second-order valence-corrected chi connectivity index (χ2v) is 4.91. The van der Waals surface area contributed by atoms with Gasteiger partial charge in [0.2, 0.25) is 0 Å². The lowest BCUT2D eigenvalue weighted by Gasteiger charge is -1.97. The van der Waals surface area contributed by atoms with E-state index in [1.165, 1.54) is 70.6 Å². The third-order valence-corrected chi connectivity index (χ3v) is 3.08. The summed E-state index contributed by atoms with van der Waals surface area (Å²) in [4.78, 5) is 0. The van der Waals surface area contributed by atoms with Gasteiger partial charge in [0.15, 0.2) is 0 Å². The highest BCUT2D eigenvalue weighted by Crippen LogP contribution is 2.07. The Morgan fingerprint density at radius 2 is 0.941 bits per heavy atom. The lowest BCUT2D eigenvalue weighted by atomic mass is 10.1. The third kappa shape index (κ3) is 15.5. The Hall–Kier alpha value is -0.520. The maximum atomic E-state index is 2.32. The van der Waals surface area contributed by atoms with Gasteiger partial charge in [-0.05, 0) is 25.7 Å². The van der Waals surface area contributed by atoms with E-state index in [0.29, 0.717) is 0 Å². The summed E-state index contributed by atoms with van der Waals surface area (Å²) in [5.74, 6) is 0. The van der Waals surface area contributed by atoms with Gasteiger partial charge in [0.1, 0.15) is 0 Å². The molecule has 0 rings (SSSR count). The van der Waals surface area contributed by atoms with E-state index in [1.807, 2.05) is 0 Å². The van der Waals surface area contributed by atoms with Crippen LogP contribution < -0.4 is 0 Å². The first-order valence-electron chi connectivity index (χ1n) is 7.73. The Kier molecular flexibility index (Phi) is 15.0. The molecule has 0 aromatic rings. The number of hydrogen-bond donors (Lipinski definition) is 0. The number of hydrogen-bond acceptors (Lipinski definition) is 0. The summed E-state index contributed by atoms with van der Waals surface area (Å²) in [6, 6.07) is 0. The molecule has 0 unspecified atom stereocenters. The van der Waals surface area contributed by atoms with E-state index in [0.717, 1.165) is 0 Å². The van der Waals surface area contributed by atoms with E-state index in [2.05, 4.69) is 38.2 Å². The first-order valence-corrected chi connectivity index (χ1v) is 7.73. The van der Waals surface area contributed by atoms with Crippen molar-refractivity contribution >= 4 is 0 Å². The van der Waals surface area contributed by atoms with Gasteiger partial charge in [0, 0.05) is 0 Å². The van der Waals surface area contributed by atoms with Gasteiger partial charge in [-0.2, -0.15) is 0 Å². The molecule has 0 amide bonds. The molecule has 0 aliphatic rings. The largest absolute Gasteiger partial charge is 0.0845 e. The normalized spacial score (nSPS) is 11.9. The smallest absolute Gasteiger partial charge is 0.0348 e. The van der Waals surface area contributed by atoms with Gasteiger partial charge in [0.25, 0.3) is 0 Å². The summed E-state index contributed by atoms with van der Waals surface area (Å²) in [5.41, 5.74) is 0. The molecule has 0 heteroatoms. The molecule has 0 N–H and O–H groups in total. The van der Waals surface area contributed by atoms with Crippen LogP contribution in [-0.4, -0.2) is 0 Å². The predicted molar refractivity (Wildman–Crippen MR) is 80.4 cm³/mol. The topological polar surface area (TPSA) is 0 Å². The Morgan fingerprint density at radius 1 is 0.529 bits per heavy atom. The van der Waals surface area contributed by atoms with Gasteiger partial charge < -0.3 is 0 Å². The van der Waals surface area contributed by atoms with Crippen LogP contribution in [0.4, 0.5) is 0 Å². The number of allylic oxidation sites excluding steroid dienone is 4. The zero-order valence-corrected chi connectivity index (χ0v) is 12.1. The molecule has 0 aliphatic carbocycles. The fraction of sp³-hybridized carbons (Fsp3) is 0.765. The van der Waals surface area contributed by atoms with Crippen LogP contribution in [0.25, 0.3) is 0 Å². The van der Waals surface area contributed by atoms with Gasteiger partial charge in [-0.1, -0.05) is 83.1 Å².